The first-order chi connectivity index (χ1) is 12.3. The van der Waals surface area contributed by atoms with E-state index in [0.717, 1.165) is 24.0 Å². The standard InChI is InChI=1S/C18H21N3O4S/c1-20(2)26(24,25)21-10-4-7-17(21)16-9-8-15(12-19-16)13-5-3-6-14(11-13)18(22)23/h3,5-6,8-9,11-12,17H,4,7,10H2,1-2H3,(H,22,23). The minimum atomic E-state index is -3.49. The maximum absolute atomic E-state index is 12.5. The Labute approximate surface area is 153 Å². The molecule has 1 saturated heterocycles. The predicted octanol–water partition coefficient (Wildman–Crippen LogP) is 2.39. The molecule has 0 radical (unpaired) electrons. The summed E-state index contributed by atoms with van der Waals surface area (Å²) in [5, 5.41) is 9.11. The van der Waals surface area contributed by atoms with Crippen LogP contribution in [0.25, 0.3) is 11.1 Å². The van der Waals surface area contributed by atoms with Crippen LogP contribution in [0.1, 0.15) is 34.9 Å². The Hall–Kier alpha value is -2.29. The molecule has 1 unspecified atom stereocenters. The van der Waals surface area contributed by atoms with Crippen molar-refractivity contribution in [3.05, 3.63) is 53.9 Å². The Morgan fingerprint density at radius 3 is 2.62 bits per heavy atom. The number of hydrogen-bond acceptors (Lipinski definition) is 4. The zero-order valence-electron chi connectivity index (χ0n) is 14.7. The lowest BCUT2D eigenvalue weighted by Crippen LogP contribution is -2.39. The second kappa shape index (κ2) is 7.14. The zero-order chi connectivity index (χ0) is 18.9. The molecule has 1 aliphatic heterocycles. The Morgan fingerprint density at radius 2 is 2.00 bits per heavy atom. The van der Waals surface area contributed by atoms with E-state index >= 15 is 0 Å². The van der Waals surface area contributed by atoms with Crippen LogP contribution in [0.15, 0.2) is 42.6 Å². The topological polar surface area (TPSA) is 90.8 Å². The molecule has 0 bridgehead atoms. The lowest BCUT2D eigenvalue weighted by molar-refractivity contribution is 0.0697. The van der Waals surface area contributed by atoms with Gasteiger partial charge in [-0.25, -0.2) is 4.79 Å². The zero-order valence-corrected chi connectivity index (χ0v) is 15.5. The molecule has 1 aliphatic rings. The van der Waals surface area contributed by atoms with Crippen molar-refractivity contribution >= 4 is 16.2 Å². The second-order valence-corrected chi connectivity index (χ2v) is 8.51. The fourth-order valence-corrected chi connectivity index (χ4v) is 4.44. The summed E-state index contributed by atoms with van der Waals surface area (Å²) in [5.41, 5.74) is 2.46. The van der Waals surface area contributed by atoms with Crippen LogP contribution in [0, 0.1) is 0 Å². The molecule has 1 aromatic carbocycles. The highest BCUT2D eigenvalue weighted by molar-refractivity contribution is 7.86. The third-order valence-electron chi connectivity index (χ3n) is 4.53. The van der Waals surface area contributed by atoms with E-state index in [1.54, 1.807) is 18.3 Å². The summed E-state index contributed by atoms with van der Waals surface area (Å²) < 4.78 is 27.7. The smallest absolute Gasteiger partial charge is 0.335 e. The van der Waals surface area contributed by atoms with Crippen molar-refractivity contribution in [2.75, 3.05) is 20.6 Å². The number of hydrogen-bond donors (Lipinski definition) is 1. The molecule has 8 heteroatoms. The van der Waals surface area contributed by atoms with Gasteiger partial charge in [-0.2, -0.15) is 17.0 Å². The van der Waals surface area contributed by atoms with Gasteiger partial charge >= 0.3 is 5.97 Å². The molecule has 1 aromatic heterocycles. The SMILES string of the molecule is CN(C)S(=O)(=O)N1CCCC1c1ccc(-c2cccc(C(=O)O)c2)cn1. The van der Waals surface area contributed by atoms with Crippen molar-refractivity contribution in [1.29, 1.82) is 0 Å². The van der Waals surface area contributed by atoms with Crippen LogP contribution in [0.3, 0.4) is 0 Å². The van der Waals surface area contributed by atoms with E-state index in [1.165, 1.54) is 28.8 Å². The Balaban J connectivity index is 1.88. The van der Waals surface area contributed by atoms with E-state index in [2.05, 4.69) is 4.98 Å². The number of pyridine rings is 1. The molecule has 0 saturated carbocycles. The monoisotopic (exact) mass is 375 g/mol. The summed E-state index contributed by atoms with van der Waals surface area (Å²) in [4.78, 5) is 15.6. The van der Waals surface area contributed by atoms with E-state index in [0.29, 0.717) is 12.2 Å². The third kappa shape index (κ3) is 3.48. The molecule has 1 N–H and O–H groups in total. The number of carboxylic acids is 1. The summed E-state index contributed by atoms with van der Waals surface area (Å²) in [6, 6.07) is 10.0. The van der Waals surface area contributed by atoms with Crippen molar-refractivity contribution in [3.63, 3.8) is 0 Å². The van der Waals surface area contributed by atoms with Crippen molar-refractivity contribution in [1.82, 2.24) is 13.6 Å². The molecule has 1 atom stereocenters. The first kappa shape index (κ1) is 18.5. The van der Waals surface area contributed by atoms with E-state index in [4.69, 9.17) is 5.11 Å². The van der Waals surface area contributed by atoms with Crippen molar-refractivity contribution in [3.8, 4) is 11.1 Å². The minimum absolute atomic E-state index is 0.214. The van der Waals surface area contributed by atoms with Gasteiger partial charge in [-0.15, -0.1) is 0 Å². The molecule has 1 fully saturated rings. The van der Waals surface area contributed by atoms with Crippen LogP contribution in [-0.4, -0.2) is 53.7 Å². The Kier molecular flexibility index (Phi) is 5.08. The summed E-state index contributed by atoms with van der Waals surface area (Å²) >= 11 is 0. The van der Waals surface area contributed by atoms with Gasteiger partial charge < -0.3 is 5.11 Å². The molecular formula is C18H21N3O4S. The van der Waals surface area contributed by atoms with Gasteiger partial charge in [-0.1, -0.05) is 18.2 Å². The van der Waals surface area contributed by atoms with Gasteiger partial charge in [0.1, 0.15) is 0 Å². The quantitative estimate of drug-likeness (QED) is 0.866. The minimum Gasteiger partial charge on any atom is -0.478 e. The highest BCUT2D eigenvalue weighted by Gasteiger charge is 2.37. The maximum Gasteiger partial charge on any atom is 0.335 e. The van der Waals surface area contributed by atoms with Crippen LogP contribution in [-0.2, 0) is 10.2 Å². The number of nitrogens with zero attached hydrogens (tertiary/aromatic N) is 3. The lowest BCUT2D eigenvalue weighted by Gasteiger charge is -2.26. The summed E-state index contributed by atoms with van der Waals surface area (Å²) in [7, 11) is -0.441. The summed E-state index contributed by atoms with van der Waals surface area (Å²) in [6.45, 7) is 0.481. The van der Waals surface area contributed by atoms with Crippen LogP contribution in [0.4, 0.5) is 0 Å². The highest BCUT2D eigenvalue weighted by atomic mass is 32.2. The number of carbonyl (C=O) groups is 1. The van der Waals surface area contributed by atoms with Gasteiger partial charge in [0.15, 0.2) is 0 Å². The van der Waals surface area contributed by atoms with Crippen molar-refractivity contribution in [2.45, 2.75) is 18.9 Å². The van der Waals surface area contributed by atoms with Gasteiger partial charge in [-0.05, 0) is 36.6 Å². The van der Waals surface area contributed by atoms with Crippen LogP contribution < -0.4 is 0 Å². The molecule has 2 heterocycles. The average molecular weight is 375 g/mol. The Bertz CT molecular complexity index is 910. The fraction of sp³-hybridized carbons (Fsp3) is 0.333. The summed E-state index contributed by atoms with van der Waals surface area (Å²) in [6.07, 6.45) is 3.19. The van der Waals surface area contributed by atoms with E-state index < -0.39 is 16.2 Å². The molecule has 3 rings (SSSR count). The number of rotatable bonds is 5. The van der Waals surface area contributed by atoms with Crippen molar-refractivity contribution < 1.29 is 18.3 Å². The van der Waals surface area contributed by atoms with Gasteiger partial charge in [-0.3, -0.25) is 4.98 Å². The largest absolute Gasteiger partial charge is 0.478 e. The molecule has 7 nitrogen and oxygen atoms in total. The van der Waals surface area contributed by atoms with E-state index in [1.807, 2.05) is 18.2 Å². The molecule has 26 heavy (non-hydrogen) atoms. The average Bonchev–Trinajstić information content (AvgIpc) is 3.12. The molecular weight excluding hydrogens is 354 g/mol. The fourth-order valence-electron chi connectivity index (χ4n) is 3.13. The van der Waals surface area contributed by atoms with Crippen LogP contribution in [0.5, 0.6) is 0 Å². The molecule has 0 aliphatic carbocycles. The third-order valence-corrected chi connectivity index (χ3v) is 6.48. The van der Waals surface area contributed by atoms with E-state index in [-0.39, 0.29) is 11.6 Å². The number of carboxylic acid groups (broad SMARTS) is 1. The maximum atomic E-state index is 12.5. The number of benzene rings is 1. The number of aromatic nitrogens is 1. The van der Waals surface area contributed by atoms with Crippen LogP contribution in [0.2, 0.25) is 0 Å². The molecule has 0 amide bonds. The first-order valence-corrected chi connectivity index (χ1v) is 9.69. The molecule has 2 aromatic rings. The van der Waals surface area contributed by atoms with Gasteiger partial charge in [0.05, 0.1) is 17.3 Å². The summed E-state index contributed by atoms with van der Waals surface area (Å²) in [5.74, 6) is -0.980. The van der Waals surface area contributed by atoms with Crippen LogP contribution >= 0.6 is 0 Å². The lowest BCUT2D eigenvalue weighted by atomic mass is 10.0. The molecule has 138 valence electrons. The Morgan fingerprint density at radius 1 is 1.23 bits per heavy atom. The van der Waals surface area contributed by atoms with Gasteiger partial charge in [0, 0.05) is 32.4 Å². The molecule has 0 spiro atoms. The van der Waals surface area contributed by atoms with Crippen molar-refractivity contribution in [2.24, 2.45) is 0 Å². The first-order valence-electron chi connectivity index (χ1n) is 8.29. The van der Waals surface area contributed by atoms with E-state index in [9.17, 15) is 13.2 Å². The number of aromatic carboxylic acids is 1. The van der Waals surface area contributed by atoms with Gasteiger partial charge in [0.2, 0.25) is 0 Å². The normalized spacial score (nSPS) is 18.3. The second-order valence-electron chi connectivity index (χ2n) is 6.42. The van der Waals surface area contributed by atoms with Gasteiger partial charge in [0.25, 0.3) is 10.2 Å². The highest BCUT2D eigenvalue weighted by Crippen LogP contribution is 2.34. The predicted molar refractivity (Wildman–Crippen MR) is 97.9 cm³/mol.